The normalized spacial score (nSPS) is 18.9. The van der Waals surface area contributed by atoms with Crippen molar-refractivity contribution >= 4 is 54.3 Å². The second-order valence-corrected chi connectivity index (χ2v) is 9.57. The number of furan rings is 1. The Balaban J connectivity index is 1.47. The molecule has 43 heavy (non-hydrogen) atoms. The molecule has 9 aromatic rings. The molecule has 1 heteroatoms. The van der Waals surface area contributed by atoms with Gasteiger partial charge in [-0.1, -0.05) is 145 Å². The Morgan fingerprint density at radius 1 is 0.395 bits per heavy atom. The minimum absolute atomic E-state index is 0.0390. The Bertz CT molecular complexity index is 3640. The van der Waals surface area contributed by atoms with E-state index in [-0.39, 0.29) is 60.2 Å². The van der Waals surface area contributed by atoms with Gasteiger partial charge in [0.2, 0.25) is 0 Å². The Hall–Kier alpha value is -5.66. The molecule has 200 valence electrons. The quantitative estimate of drug-likeness (QED) is 0.193. The number of benzene rings is 8. The zero-order valence-corrected chi connectivity index (χ0v) is 21.7. The van der Waals surface area contributed by atoms with E-state index in [0.717, 1.165) is 0 Å². The summed E-state index contributed by atoms with van der Waals surface area (Å²) in [5, 5.41) is -1.64. The van der Waals surface area contributed by atoms with Crippen molar-refractivity contribution < 1.29 is 34.6 Å². The van der Waals surface area contributed by atoms with Crippen molar-refractivity contribution in [3.8, 4) is 33.4 Å². The summed E-state index contributed by atoms with van der Waals surface area (Å²) in [6.07, 6.45) is 0. The van der Waals surface area contributed by atoms with Crippen LogP contribution in [0.15, 0.2) is 162 Å². The van der Waals surface area contributed by atoms with Crippen LogP contribution in [-0.4, -0.2) is 0 Å². The van der Waals surface area contributed by atoms with Crippen LogP contribution in [0.2, 0.25) is 0 Å². The van der Waals surface area contributed by atoms with Gasteiger partial charge in [-0.2, -0.15) is 0 Å². The number of rotatable bonds is 3. The molecule has 0 amide bonds. The Kier molecular flexibility index (Phi) is 2.39. The van der Waals surface area contributed by atoms with Crippen molar-refractivity contribution in [1.82, 2.24) is 0 Å². The molecule has 0 fully saturated rings. The molecule has 0 bridgehead atoms. The fourth-order valence-electron chi connectivity index (χ4n) is 5.40. The van der Waals surface area contributed by atoms with E-state index in [0.29, 0.717) is 0 Å². The molecule has 0 spiro atoms. The number of fused-ring (bicyclic) bond motifs is 6. The number of hydrogen-bond donors (Lipinski definition) is 0. The van der Waals surface area contributed by atoms with E-state index in [4.69, 9.17) is 27.7 Å². The highest BCUT2D eigenvalue weighted by Gasteiger charge is 2.20. The van der Waals surface area contributed by atoms with E-state index in [2.05, 4.69) is 0 Å². The molecule has 8 aromatic carbocycles. The predicted octanol–water partition coefficient (Wildman–Crippen LogP) is 12.0. The summed E-state index contributed by atoms with van der Waals surface area (Å²) in [7, 11) is 0. The molecule has 0 aliphatic heterocycles. The second kappa shape index (κ2) is 9.44. The lowest BCUT2D eigenvalue weighted by Gasteiger charge is -2.18. The van der Waals surface area contributed by atoms with E-state index in [1.54, 1.807) is 0 Å². The molecule has 0 N–H and O–H groups in total. The highest BCUT2D eigenvalue weighted by Crippen LogP contribution is 2.46. The standard InChI is InChI=1S/C42H26O/c1-2-11-30-26-31(25-22-27(30)10-1)28-20-23-29(24-21-28)40-33-13-3-5-15-35(33)41(36-16-6-4-14-34(36)40)38-18-9-17-37-32-12-7-8-19-39(32)43-42(37)38/h1-26H/i1D,2D,3D,4D,5D,6D,7D,8D,9D,10D,11D,12D,17D,18D,19D,20D,21D,22D,23D,24D,25D,26D. The monoisotopic (exact) mass is 568 g/mol. The van der Waals surface area contributed by atoms with Gasteiger partial charge in [0, 0.05) is 21.9 Å². The third kappa shape index (κ3) is 3.72. The molecular weight excluding hydrogens is 520 g/mol. The molecule has 0 atom stereocenters. The van der Waals surface area contributed by atoms with Crippen LogP contribution in [-0.2, 0) is 0 Å². The fraction of sp³-hybridized carbons (Fsp3) is 0. The van der Waals surface area contributed by atoms with Crippen LogP contribution in [0, 0.1) is 0 Å². The van der Waals surface area contributed by atoms with Gasteiger partial charge in [0.25, 0.3) is 0 Å². The molecule has 0 saturated carbocycles. The van der Waals surface area contributed by atoms with Gasteiger partial charge in [0.1, 0.15) is 11.2 Å². The molecular formula is C42H26O. The first-order chi connectivity index (χ1) is 30.5. The summed E-state index contributed by atoms with van der Waals surface area (Å²) < 4.78 is 199. The Morgan fingerprint density at radius 3 is 1.72 bits per heavy atom. The zero-order chi connectivity index (χ0) is 47.5. The van der Waals surface area contributed by atoms with Gasteiger partial charge in [-0.25, -0.2) is 0 Å². The average molecular weight is 569 g/mol. The van der Waals surface area contributed by atoms with Gasteiger partial charge in [0.15, 0.2) is 0 Å². The lowest BCUT2D eigenvalue weighted by Crippen LogP contribution is -1.91. The maximum Gasteiger partial charge on any atom is 0.143 e. The van der Waals surface area contributed by atoms with E-state index in [1.807, 2.05) is 0 Å². The van der Waals surface area contributed by atoms with Crippen molar-refractivity contribution in [2.45, 2.75) is 0 Å². The largest absolute Gasteiger partial charge is 0.455 e. The van der Waals surface area contributed by atoms with E-state index < -0.39 is 160 Å². The van der Waals surface area contributed by atoms with Crippen molar-refractivity contribution in [2.75, 3.05) is 0 Å². The fourth-order valence-corrected chi connectivity index (χ4v) is 5.40. The van der Waals surface area contributed by atoms with E-state index >= 15 is 0 Å². The summed E-state index contributed by atoms with van der Waals surface area (Å²) in [6.45, 7) is 0. The third-order valence-corrected chi connectivity index (χ3v) is 7.25. The number of para-hydroxylation sites is 2. The van der Waals surface area contributed by atoms with Gasteiger partial charge in [0.05, 0.1) is 30.2 Å². The molecule has 1 aromatic heterocycles. The summed E-state index contributed by atoms with van der Waals surface area (Å²) in [5.41, 5.74) is -2.96. The van der Waals surface area contributed by atoms with Gasteiger partial charge < -0.3 is 4.42 Å². The van der Waals surface area contributed by atoms with Crippen molar-refractivity contribution in [3.05, 3.63) is 157 Å². The first-order valence-corrected chi connectivity index (χ1v) is 13.0. The van der Waals surface area contributed by atoms with Crippen LogP contribution in [0.4, 0.5) is 0 Å². The van der Waals surface area contributed by atoms with E-state index in [9.17, 15) is 6.85 Å². The van der Waals surface area contributed by atoms with Crippen LogP contribution in [0.5, 0.6) is 0 Å². The van der Waals surface area contributed by atoms with Crippen molar-refractivity contribution in [2.24, 2.45) is 0 Å². The van der Waals surface area contributed by atoms with E-state index in [1.165, 1.54) is 24.3 Å². The maximum absolute atomic E-state index is 9.44. The molecule has 0 unspecified atom stereocenters. The molecule has 0 aliphatic rings. The van der Waals surface area contributed by atoms with Crippen LogP contribution >= 0.6 is 0 Å². The predicted molar refractivity (Wildman–Crippen MR) is 183 cm³/mol. The molecule has 1 heterocycles. The van der Waals surface area contributed by atoms with Gasteiger partial charge in [-0.3, -0.25) is 0 Å². The summed E-state index contributed by atoms with van der Waals surface area (Å²) in [6, 6.07) is -9.85. The third-order valence-electron chi connectivity index (χ3n) is 7.25. The first-order valence-electron chi connectivity index (χ1n) is 24.0. The number of hydrogen-bond acceptors (Lipinski definition) is 1. The highest BCUT2D eigenvalue weighted by atomic mass is 16.3. The Morgan fingerprint density at radius 2 is 0.977 bits per heavy atom. The van der Waals surface area contributed by atoms with Crippen molar-refractivity contribution in [3.63, 3.8) is 0 Å². The second-order valence-electron chi connectivity index (χ2n) is 9.57. The van der Waals surface area contributed by atoms with Crippen LogP contribution in [0.1, 0.15) is 30.2 Å². The molecule has 0 saturated heterocycles. The first kappa shape index (κ1) is 10.9. The lowest BCUT2D eigenvalue weighted by molar-refractivity contribution is 0.670. The van der Waals surface area contributed by atoms with Gasteiger partial charge >= 0.3 is 0 Å². The van der Waals surface area contributed by atoms with Crippen molar-refractivity contribution in [1.29, 1.82) is 0 Å². The lowest BCUT2D eigenvalue weighted by atomic mass is 9.85. The minimum Gasteiger partial charge on any atom is -0.455 e. The van der Waals surface area contributed by atoms with Crippen LogP contribution < -0.4 is 0 Å². The summed E-state index contributed by atoms with van der Waals surface area (Å²) >= 11 is 0. The van der Waals surface area contributed by atoms with Crippen LogP contribution in [0.25, 0.3) is 87.6 Å². The Labute approximate surface area is 280 Å². The summed E-state index contributed by atoms with van der Waals surface area (Å²) in [5.74, 6) is 0. The molecule has 0 radical (unpaired) electrons. The SMILES string of the molecule is [2H]c1cc2c(-c3c([2H])c([2H])c(-c4c([2H])c([2H])c5c([2H])c([2H])c([2H])c([2H])c5c4[2H])c([2H])c3[2H])c3cc([2H])c([2H])cc3c(-c3c([2H])c([2H])c([2H])c4c3oc3c([2H])c([2H])c([2H])c([2H])c34)c2cc1[2H]. The minimum atomic E-state index is -0.846. The van der Waals surface area contributed by atoms with Crippen LogP contribution in [0.3, 0.4) is 0 Å². The average Bonchev–Trinajstić information content (AvgIpc) is 3.67. The maximum atomic E-state index is 9.44. The molecule has 1 nitrogen and oxygen atoms in total. The molecule has 9 rings (SSSR count). The molecule has 0 aliphatic carbocycles. The highest BCUT2D eigenvalue weighted by molar-refractivity contribution is 6.24. The smallest absolute Gasteiger partial charge is 0.143 e. The topological polar surface area (TPSA) is 13.1 Å². The summed E-state index contributed by atoms with van der Waals surface area (Å²) in [4.78, 5) is 0. The van der Waals surface area contributed by atoms with Gasteiger partial charge in [-0.05, 0) is 66.7 Å². The van der Waals surface area contributed by atoms with Gasteiger partial charge in [-0.15, -0.1) is 0 Å². The zero-order valence-electron chi connectivity index (χ0n) is 43.7.